The lowest BCUT2D eigenvalue weighted by molar-refractivity contribution is -0.131. The highest BCUT2D eigenvalue weighted by atomic mass is 16.5. The molecule has 156 valence electrons. The molecule has 3 heteroatoms. The minimum atomic E-state index is -0.382. The Labute approximate surface area is 179 Å². The third-order valence-electron chi connectivity index (χ3n) is 5.88. The zero-order chi connectivity index (χ0) is 22.1. The van der Waals surface area contributed by atoms with Crippen molar-refractivity contribution >= 4 is 5.97 Å². The summed E-state index contributed by atoms with van der Waals surface area (Å²) in [6.07, 6.45) is 0. The third kappa shape index (κ3) is 3.85. The Hall–Kier alpha value is -3.07. The van der Waals surface area contributed by atoms with Crippen molar-refractivity contribution < 1.29 is 14.3 Å². The van der Waals surface area contributed by atoms with Gasteiger partial charge in [-0.1, -0.05) is 54.6 Å². The first-order valence-corrected chi connectivity index (χ1v) is 10.2. The van der Waals surface area contributed by atoms with E-state index in [-0.39, 0.29) is 11.4 Å². The summed E-state index contributed by atoms with van der Waals surface area (Å²) < 4.78 is 11.1. The van der Waals surface area contributed by atoms with Crippen LogP contribution in [0.2, 0.25) is 0 Å². The maximum absolute atomic E-state index is 11.5. The van der Waals surface area contributed by atoms with E-state index >= 15 is 0 Å². The van der Waals surface area contributed by atoms with Crippen molar-refractivity contribution in [3.05, 3.63) is 93.5 Å². The number of aryl methyl sites for hydroxylation is 4. The molecule has 3 nitrogen and oxygen atoms in total. The number of hydrogen-bond donors (Lipinski definition) is 0. The molecule has 0 amide bonds. The van der Waals surface area contributed by atoms with Crippen LogP contribution in [0.1, 0.15) is 52.8 Å². The fourth-order valence-electron chi connectivity index (χ4n) is 4.38. The molecular formula is C27H30O3. The van der Waals surface area contributed by atoms with Crippen molar-refractivity contribution in [2.24, 2.45) is 0 Å². The van der Waals surface area contributed by atoms with Crippen LogP contribution in [0.5, 0.6) is 11.5 Å². The summed E-state index contributed by atoms with van der Waals surface area (Å²) in [5.41, 5.74) is 7.29. The molecule has 0 aromatic heterocycles. The van der Waals surface area contributed by atoms with E-state index in [1.807, 2.05) is 19.9 Å². The van der Waals surface area contributed by atoms with Crippen molar-refractivity contribution in [2.45, 2.75) is 47.0 Å². The molecule has 0 N–H and O–H groups in total. The molecule has 0 spiro atoms. The lowest BCUT2D eigenvalue weighted by Crippen LogP contribution is -2.26. The van der Waals surface area contributed by atoms with E-state index in [4.69, 9.17) is 9.47 Å². The van der Waals surface area contributed by atoms with Crippen molar-refractivity contribution in [1.82, 2.24) is 0 Å². The summed E-state index contributed by atoms with van der Waals surface area (Å²) in [5, 5.41) is 0. The van der Waals surface area contributed by atoms with Gasteiger partial charge in [-0.25, -0.2) is 0 Å². The number of rotatable bonds is 5. The van der Waals surface area contributed by atoms with Gasteiger partial charge in [-0.2, -0.15) is 0 Å². The molecule has 0 heterocycles. The summed E-state index contributed by atoms with van der Waals surface area (Å²) in [5.74, 6) is 1.26. The van der Waals surface area contributed by atoms with Gasteiger partial charge in [0.15, 0.2) is 0 Å². The summed E-state index contributed by atoms with van der Waals surface area (Å²) in [6.45, 7) is 11.8. The molecule has 3 aromatic rings. The van der Waals surface area contributed by atoms with E-state index in [0.29, 0.717) is 5.75 Å². The number of benzene rings is 3. The van der Waals surface area contributed by atoms with Crippen molar-refractivity contribution in [3.63, 3.8) is 0 Å². The first kappa shape index (κ1) is 21.6. The molecular weight excluding hydrogens is 372 g/mol. The SMILES string of the molecule is COc1c(C)cc(C(C)(c2ccccc2)c2cc(C)c(OC(C)=O)c(C)c2)cc1C. The second kappa shape index (κ2) is 8.35. The molecule has 3 aromatic carbocycles. The maximum atomic E-state index is 11.5. The molecule has 0 saturated carbocycles. The molecule has 0 aliphatic rings. The standard InChI is InChI=1S/C27H30O3/c1-17-13-23(14-18(2)25(17)29-7)27(6,22-11-9-8-10-12-22)24-15-19(3)26(20(4)16-24)30-21(5)28/h8-16H,1-7H3. The highest BCUT2D eigenvalue weighted by Gasteiger charge is 2.33. The van der Waals surface area contributed by atoms with Gasteiger partial charge in [-0.05, 0) is 73.6 Å². The monoisotopic (exact) mass is 402 g/mol. The number of methoxy groups -OCH3 is 1. The van der Waals surface area contributed by atoms with Gasteiger partial charge < -0.3 is 9.47 Å². The number of carbonyl (C=O) groups excluding carboxylic acids is 1. The van der Waals surface area contributed by atoms with E-state index in [9.17, 15) is 4.79 Å². The van der Waals surface area contributed by atoms with Crippen LogP contribution in [0.3, 0.4) is 0 Å². The van der Waals surface area contributed by atoms with Gasteiger partial charge in [0.05, 0.1) is 7.11 Å². The van der Waals surface area contributed by atoms with Gasteiger partial charge in [0.1, 0.15) is 11.5 Å². The van der Waals surface area contributed by atoms with Crippen LogP contribution in [-0.2, 0) is 10.2 Å². The first-order valence-electron chi connectivity index (χ1n) is 10.2. The molecule has 0 aliphatic heterocycles. The highest BCUT2D eigenvalue weighted by molar-refractivity contribution is 5.71. The van der Waals surface area contributed by atoms with Crippen molar-refractivity contribution in [3.8, 4) is 11.5 Å². The molecule has 1 unspecified atom stereocenters. The largest absolute Gasteiger partial charge is 0.496 e. The third-order valence-corrected chi connectivity index (χ3v) is 5.88. The summed E-state index contributed by atoms with van der Waals surface area (Å²) in [7, 11) is 1.71. The molecule has 0 saturated heterocycles. The molecule has 0 bridgehead atoms. The predicted octanol–water partition coefficient (Wildman–Crippen LogP) is 6.21. The number of ether oxygens (including phenoxy) is 2. The topological polar surface area (TPSA) is 35.5 Å². The van der Waals surface area contributed by atoms with Crippen LogP contribution in [0.15, 0.2) is 54.6 Å². The maximum Gasteiger partial charge on any atom is 0.308 e. The molecule has 1 atom stereocenters. The second-order valence-corrected chi connectivity index (χ2v) is 8.17. The Morgan fingerprint density at radius 1 is 0.733 bits per heavy atom. The van der Waals surface area contributed by atoms with E-state index in [1.165, 1.54) is 18.1 Å². The lowest BCUT2D eigenvalue weighted by atomic mass is 9.70. The minimum absolute atomic E-state index is 0.304. The summed E-state index contributed by atoms with van der Waals surface area (Å²) >= 11 is 0. The quantitative estimate of drug-likeness (QED) is 0.289. The average molecular weight is 403 g/mol. The Morgan fingerprint density at radius 2 is 1.17 bits per heavy atom. The Kier molecular flexibility index (Phi) is 6.02. The second-order valence-electron chi connectivity index (χ2n) is 8.17. The zero-order valence-electron chi connectivity index (χ0n) is 18.9. The van der Waals surface area contributed by atoms with Gasteiger partial charge >= 0.3 is 5.97 Å². The summed E-state index contributed by atoms with van der Waals surface area (Å²) in [4.78, 5) is 11.5. The van der Waals surface area contributed by atoms with Crippen molar-refractivity contribution in [1.29, 1.82) is 0 Å². The van der Waals surface area contributed by atoms with Gasteiger partial charge in [-0.15, -0.1) is 0 Å². The Balaban J connectivity index is 2.29. The van der Waals surface area contributed by atoms with Gasteiger partial charge in [0, 0.05) is 12.3 Å². The fraction of sp³-hybridized carbons (Fsp3) is 0.296. The van der Waals surface area contributed by atoms with E-state index in [2.05, 4.69) is 69.3 Å². The van der Waals surface area contributed by atoms with Gasteiger partial charge in [0.2, 0.25) is 0 Å². The molecule has 0 fully saturated rings. The molecule has 0 aliphatic carbocycles. The van der Waals surface area contributed by atoms with E-state index in [0.717, 1.165) is 33.6 Å². The normalized spacial score (nSPS) is 12.9. The highest BCUT2D eigenvalue weighted by Crippen LogP contribution is 2.43. The Morgan fingerprint density at radius 3 is 1.57 bits per heavy atom. The van der Waals surface area contributed by atoms with E-state index in [1.54, 1.807) is 7.11 Å². The van der Waals surface area contributed by atoms with Crippen LogP contribution in [0.4, 0.5) is 0 Å². The predicted molar refractivity (Wildman–Crippen MR) is 122 cm³/mol. The molecule has 0 radical (unpaired) electrons. The smallest absolute Gasteiger partial charge is 0.308 e. The number of hydrogen-bond acceptors (Lipinski definition) is 3. The first-order chi connectivity index (χ1) is 14.2. The van der Waals surface area contributed by atoms with Crippen LogP contribution in [0.25, 0.3) is 0 Å². The van der Waals surface area contributed by atoms with Crippen LogP contribution in [-0.4, -0.2) is 13.1 Å². The Bertz CT molecular complexity index is 1040. The van der Waals surface area contributed by atoms with Gasteiger partial charge in [0.25, 0.3) is 0 Å². The van der Waals surface area contributed by atoms with Crippen LogP contribution >= 0.6 is 0 Å². The van der Waals surface area contributed by atoms with Crippen molar-refractivity contribution in [2.75, 3.05) is 7.11 Å². The molecule has 30 heavy (non-hydrogen) atoms. The zero-order valence-corrected chi connectivity index (χ0v) is 18.9. The number of carbonyl (C=O) groups is 1. The minimum Gasteiger partial charge on any atom is -0.496 e. The average Bonchev–Trinajstić information content (AvgIpc) is 2.70. The van der Waals surface area contributed by atoms with Crippen LogP contribution < -0.4 is 9.47 Å². The molecule has 3 rings (SSSR count). The number of esters is 1. The van der Waals surface area contributed by atoms with Crippen LogP contribution in [0, 0.1) is 27.7 Å². The lowest BCUT2D eigenvalue weighted by Gasteiger charge is -2.34. The fourth-order valence-corrected chi connectivity index (χ4v) is 4.38. The van der Waals surface area contributed by atoms with E-state index < -0.39 is 0 Å². The van der Waals surface area contributed by atoms with Gasteiger partial charge in [-0.3, -0.25) is 4.79 Å². The summed E-state index contributed by atoms with van der Waals surface area (Å²) in [6, 6.07) is 19.2.